The van der Waals surface area contributed by atoms with Gasteiger partial charge in [0.1, 0.15) is 0 Å². The highest BCUT2D eigenvalue weighted by Gasteiger charge is 2.31. The molecule has 1 aliphatic rings. The summed E-state index contributed by atoms with van der Waals surface area (Å²) in [5, 5.41) is 0. The Labute approximate surface area is 62.2 Å². The van der Waals surface area contributed by atoms with Crippen LogP contribution < -0.4 is 0 Å². The molecule has 0 aromatic heterocycles. The van der Waals surface area contributed by atoms with Crippen LogP contribution in [0.5, 0.6) is 0 Å². The zero-order chi connectivity index (χ0) is 6.74. The molecule has 1 aliphatic carbocycles. The third kappa shape index (κ3) is 1.41. The second-order valence-corrected chi connectivity index (χ2v) is 3.07. The molecule has 9 heavy (non-hydrogen) atoms. The highest BCUT2D eigenvalue weighted by atomic mass is 32.1. The summed E-state index contributed by atoms with van der Waals surface area (Å²) in [6, 6.07) is 0. The molecular weight excluding hydrogens is 132 g/mol. The minimum Gasteiger partial charge on any atom is -0.377 e. The summed E-state index contributed by atoms with van der Waals surface area (Å²) in [5.41, 5.74) is 0.142. The Morgan fingerprint density at radius 1 is 1.44 bits per heavy atom. The molecule has 0 spiro atoms. The van der Waals surface area contributed by atoms with Crippen LogP contribution in [0.25, 0.3) is 0 Å². The molecule has 1 rings (SSSR count). The Kier molecular flexibility index (Phi) is 2.42. The van der Waals surface area contributed by atoms with E-state index in [1.807, 2.05) is 0 Å². The van der Waals surface area contributed by atoms with Crippen LogP contribution in [0.2, 0.25) is 0 Å². The number of methoxy groups -OCH3 is 1. The van der Waals surface area contributed by atoms with Crippen molar-refractivity contribution in [1.29, 1.82) is 0 Å². The van der Waals surface area contributed by atoms with E-state index in [0.717, 1.165) is 5.75 Å². The van der Waals surface area contributed by atoms with Crippen molar-refractivity contribution in [3.63, 3.8) is 0 Å². The first-order valence-electron chi connectivity index (χ1n) is 3.49. The Morgan fingerprint density at radius 3 is 2.22 bits per heavy atom. The maximum Gasteiger partial charge on any atom is 0.0766 e. The molecule has 0 aromatic carbocycles. The fourth-order valence-corrected chi connectivity index (χ4v) is 1.89. The van der Waals surface area contributed by atoms with Crippen molar-refractivity contribution in [2.75, 3.05) is 12.9 Å². The number of hydrogen-bond donors (Lipinski definition) is 1. The van der Waals surface area contributed by atoms with Gasteiger partial charge >= 0.3 is 0 Å². The third-order valence-corrected chi connectivity index (χ3v) is 2.81. The molecule has 0 amide bonds. The summed E-state index contributed by atoms with van der Waals surface area (Å²) < 4.78 is 5.37. The maximum absolute atomic E-state index is 5.37. The van der Waals surface area contributed by atoms with Crippen molar-refractivity contribution < 1.29 is 4.74 Å². The second-order valence-electron chi connectivity index (χ2n) is 2.75. The predicted molar refractivity (Wildman–Crippen MR) is 42.1 cm³/mol. The molecule has 0 heterocycles. The smallest absolute Gasteiger partial charge is 0.0766 e. The van der Waals surface area contributed by atoms with Gasteiger partial charge in [-0.15, -0.1) is 0 Å². The number of rotatable bonds is 2. The topological polar surface area (TPSA) is 9.23 Å². The van der Waals surface area contributed by atoms with Crippen LogP contribution in [0.1, 0.15) is 25.7 Å². The van der Waals surface area contributed by atoms with Crippen LogP contribution in [0, 0.1) is 0 Å². The summed E-state index contributed by atoms with van der Waals surface area (Å²) in [7, 11) is 1.79. The summed E-state index contributed by atoms with van der Waals surface area (Å²) in [6.45, 7) is 0. The first-order valence-corrected chi connectivity index (χ1v) is 4.12. The third-order valence-electron chi connectivity index (χ3n) is 2.24. The van der Waals surface area contributed by atoms with Crippen LogP contribution in [0.3, 0.4) is 0 Å². The van der Waals surface area contributed by atoms with Crippen LogP contribution >= 0.6 is 12.6 Å². The van der Waals surface area contributed by atoms with E-state index in [4.69, 9.17) is 4.74 Å². The Hall–Kier alpha value is 0.310. The van der Waals surface area contributed by atoms with Crippen molar-refractivity contribution in [1.82, 2.24) is 0 Å². The average molecular weight is 146 g/mol. The van der Waals surface area contributed by atoms with Gasteiger partial charge in [-0.3, -0.25) is 0 Å². The molecule has 0 aliphatic heterocycles. The van der Waals surface area contributed by atoms with Crippen LogP contribution in [0.4, 0.5) is 0 Å². The van der Waals surface area contributed by atoms with E-state index in [2.05, 4.69) is 12.6 Å². The molecule has 1 saturated carbocycles. The van der Waals surface area contributed by atoms with E-state index in [1.165, 1.54) is 25.7 Å². The molecule has 1 fully saturated rings. The van der Waals surface area contributed by atoms with Gasteiger partial charge in [0.15, 0.2) is 0 Å². The highest BCUT2D eigenvalue weighted by molar-refractivity contribution is 7.80. The molecule has 0 bridgehead atoms. The molecular formula is C7H14OS. The van der Waals surface area contributed by atoms with E-state index in [9.17, 15) is 0 Å². The van der Waals surface area contributed by atoms with Gasteiger partial charge in [-0.05, 0) is 12.8 Å². The van der Waals surface area contributed by atoms with Gasteiger partial charge in [0, 0.05) is 12.9 Å². The van der Waals surface area contributed by atoms with Crippen molar-refractivity contribution >= 4 is 12.6 Å². The van der Waals surface area contributed by atoms with Crippen LogP contribution in [-0.2, 0) is 4.74 Å². The van der Waals surface area contributed by atoms with E-state index in [1.54, 1.807) is 7.11 Å². The lowest BCUT2D eigenvalue weighted by Gasteiger charge is -2.24. The molecule has 2 heteroatoms. The van der Waals surface area contributed by atoms with Gasteiger partial charge in [0.25, 0.3) is 0 Å². The van der Waals surface area contributed by atoms with Gasteiger partial charge in [-0.1, -0.05) is 12.8 Å². The summed E-state index contributed by atoms with van der Waals surface area (Å²) in [4.78, 5) is 0. The Morgan fingerprint density at radius 2 is 2.00 bits per heavy atom. The SMILES string of the molecule is COC1(CS)CCCC1. The molecule has 0 radical (unpaired) electrons. The van der Waals surface area contributed by atoms with Gasteiger partial charge in [0.2, 0.25) is 0 Å². The minimum atomic E-state index is 0.142. The monoisotopic (exact) mass is 146 g/mol. The summed E-state index contributed by atoms with van der Waals surface area (Å²) in [6.07, 6.45) is 5.03. The lowest BCUT2D eigenvalue weighted by molar-refractivity contribution is 0.0173. The number of hydrogen-bond acceptors (Lipinski definition) is 2. The fraction of sp³-hybridized carbons (Fsp3) is 1.00. The zero-order valence-electron chi connectivity index (χ0n) is 5.89. The van der Waals surface area contributed by atoms with E-state index in [-0.39, 0.29) is 5.60 Å². The molecule has 54 valence electrons. The molecule has 0 saturated heterocycles. The first kappa shape index (κ1) is 7.42. The standard InChI is InChI=1S/C7H14OS/c1-8-7(6-9)4-2-3-5-7/h9H,2-6H2,1H3. The first-order chi connectivity index (χ1) is 4.33. The molecule has 0 N–H and O–H groups in total. The van der Waals surface area contributed by atoms with Crippen molar-refractivity contribution in [2.24, 2.45) is 0 Å². The van der Waals surface area contributed by atoms with E-state index >= 15 is 0 Å². The lowest BCUT2D eigenvalue weighted by Crippen LogP contribution is -2.29. The lowest BCUT2D eigenvalue weighted by atomic mass is 10.1. The predicted octanol–water partition coefficient (Wildman–Crippen LogP) is 1.88. The minimum absolute atomic E-state index is 0.142. The zero-order valence-corrected chi connectivity index (χ0v) is 6.79. The van der Waals surface area contributed by atoms with Gasteiger partial charge < -0.3 is 4.74 Å². The second kappa shape index (κ2) is 2.93. The molecule has 0 aromatic rings. The fourth-order valence-electron chi connectivity index (χ4n) is 1.45. The van der Waals surface area contributed by atoms with Gasteiger partial charge in [-0.25, -0.2) is 0 Å². The van der Waals surface area contributed by atoms with Gasteiger partial charge in [-0.2, -0.15) is 12.6 Å². The number of thiol groups is 1. The summed E-state index contributed by atoms with van der Waals surface area (Å²) >= 11 is 4.26. The number of ether oxygens (including phenoxy) is 1. The van der Waals surface area contributed by atoms with Crippen LogP contribution in [0.15, 0.2) is 0 Å². The average Bonchev–Trinajstić information content (AvgIpc) is 2.36. The quantitative estimate of drug-likeness (QED) is 0.585. The summed E-state index contributed by atoms with van der Waals surface area (Å²) in [5.74, 6) is 0.878. The molecule has 0 unspecified atom stereocenters. The Balaban J connectivity index is 2.45. The molecule has 1 nitrogen and oxygen atoms in total. The largest absolute Gasteiger partial charge is 0.377 e. The van der Waals surface area contributed by atoms with Crippen molar-refractivity contribution in [3.05, 3.63) is 0 Å². The maximum atomic E-state index is 5.37. The van der Waals surface area contributed by atoms with Crippen LogP contribution in [-0.4, -0.2) is 18.5 Å². The van der Waals surface area contributed by atoms with Crippen molar-refractivity contribution in [2.45, 2.75) is 31.3 Å². The van der Waals surface area contributed by atoms with E-state index in [0.29, 0.717) is 0 Å². The molecule has 0 atom stereocenters. The van der Waals surface area contributed by atoms with Gasteiger partial charge in [0.05, 0.1) is 5.60 Å². The van der Waals surface area contributed by atoms with Crippen molar-refractivity contribution in [3.8, 4) is 0 Å². The van der Waals surface area contributed by atoms with E-state index < -0.39 is 0 Å². The highest BCUT2D eigenvalue weighted by Crippen LogP contribution is 2.33. The normalized spacial score (nSPS) is 24.7. The Bertz CT molecular complexity index is 80.9.